The first-order valence-corrected chi connectivity index (χ1v) is 4.19. The molecule has 0 aliphatic heterocycles. The first kappa shape index (κ1) is 11.6. The van der Waals surface area contributed by atoms with Gasteiger partial charge in [0.25, 0.3) is 0 Å². The SMILES string of the molecule is Cc1cc(Cl)c([N+](=O)[O-])c(OC(F)F)c1. The van der Waals surface area contributed by atoms with Crippen molar-refractivity contribution in [2.45, 2.75) is 13.5 Å². The molecule has 4 nitrogen and oxygen atoms in total. The molecule has 0 aliphatic carbocycles. The third-order valence-electron chi connectivity index (χ3n) is 1.57. The van der Waals surface area contributed by atoms with Gasteiger partial charge >= 0.3 is 12.3 Å². The lowest BCUT2D eigenvalue weighted by Crippen LogP contribution is -2.05. The molecule has 0 spiro atoms. The van der Waals surface area contributed by atoms with Gasteiger partial charge in [-0.15, -0.1) is 0 Å². The number of alkyl halides is 2. The van der Waals surface area contributed by atoms with Crippen LogP contribution in [-0.4, -0.2) is 11.5 Å². The van der Waals surface area contributed by atoms with Crippen molar-refractivity contribution in [3.63, 3.8) is 0 Å². The predicted molar refractivity (Wildman–Crippen MR) is 49.5 cm³/mol. The monoisotopic (exact) mass is 237 g/mol. The van der Waals surface area contributed by atoms with Crippen molar-refractivity contribution >= 4 is 17.3 Å². The van der Waals surface area contributed by atoms with Crippen LogP contribution in [0.2, 0.25) is 5.02 Å². The Balaban J connectivity index is 3.27. The van der Waals surface area contributed by atoms with Gasteiger partial charge in [0.15, 0.2) is 0 Å². The molecule has 0 fully saturated rings. The summed E-state index contributed by atoms with van der Waals surface area (Å²) in [5, 5.41) is 10.3. The Morgan fingerprint density at radius 3 is 2.60 bits per heavy atom. The molecule has 7 heteroatoms. The van der Waals surface area contributed by atoms with E-state index >= 15 is 0 Å². The maximum Gasteiger partial charge on any atom is 0.387 e. The molecule has 0 bridgehead atoms. The average Bonchev–Trinajstić information content (AvgIpc) is 1.99. The largest absolute Gasteiger partial charge is 0.427 e. The van der Waals surface area contributed by atoms with Crippen LogP contribution in [0.25, 0.3) is 0 Å². The van der Waals surface area contributed by atoms with E-state index in [9.17, 15) is 18.9 Å². The lowest BCUT2D eigenvalue weighted by Gasteiger charge is -2.07. The molecule has 1 aromatic carbocycles. The maximum atomic E-state index is 11.9. The molecule has 0 atom stereocenters. The molecular formula is C8H6ClF2NO3. The highest BCUT2D eigenvalue weighted by Gasteiger charge is 2.23. The Morgan fingerprint density at radius 2 is 2.13 bits per heavy atom. The van der Waals surface area contributed by atoms with Gasteiger partial charge in [0, 0.05) is 0 Å². The van der Waals surface area contributed by atoms with Crippen molar-refractivity contribution in [2.24, 2.45) is 0 Å². The van der Waals surface area contributed by atoms with E-state index in [2.05, 4.69) is 4.74 Å². The van der Waals surface area contributed by atoms with Crippen LogP contribution in [0.4, 0.5) is 14.5 Å². The Kier molecular flexibility index (Phi) is 3.41. The molecule has 0 aromatic heterocycles. The zero-order valence-electron chi connectivity index (χ0n) is 7.54. The number of rotatable bonds is 3. The molecule has 1 rings (SSSR count). The van der Waals surface area contributed by atoms with Crippen LogP contribution in [0.1, 0.15) is 5.56 Å². The Bertz CT molecular complexity index is 398. The minimum Gasteiger partial charge on any atom is -0.427 e. The van der Waals surface area contributed by atoms with Crippen molar-refractivity contribution in [3.8, 4) is 5.75 Å². The van der Waals surface area contributed by atoms with Gasteiger partial charge < -0.3 is 4.74 Å². The van der Waals surface area contributed by atoms with Crippen LogP contribution < -0.4 is 4.74 Å². The summed E-state index contributed by atoms with van der Waals surface area (Å²) < 4.78 is 27.9. The number of benzene rings is 1. The van der Waals surface area contributed by atoms with E-state index in [0.717, 1.165) is 6.07 Å². The number of hydrogen-bond acceptors (Lipinski definition) is 3. The van der Waals surface area contributed by atoms with Crippen molar-refractivity contribution < 1.29 is 18.4 Å². The predicted octanol–water partition coefficient (Wildman–Crippen LogP) is 3.16. The van der Waals surface area contributed by atoms with Crippen molar-refractivity contribution in [1.82, 2.24) is 0 Å². The van der Waals surface area contributed by atoms with Crippen molar-refractivity contribution in [1.29, 1.82) is 0 Å². The molecule has 0 amide bonds. The van der Waals surface area contributed by atoms with E-state index in [4.69, 9.17) is 11.6 Å². The number of nitro groups is 1. The highest BCUT2D eigenvalue weighted by molar-refractivity contribution is 6.33. The summed E-state index contributed by atoms with van der Waals surface area (Å²) in [6.45, 7) is -1.56. The number of nitro benzene ring substituents is 1. The fourth-order valence-electron chi connectivity index (χ4n) is 1.07. The molecule has 1 aromatic rings. The van der Waals surface area contributed by atoms with Gasteiger partial charge in [0.2, 0.25) is 5.75 Å². The van der Waals surface area contributed by atoms with Crippen molar-refractivity contribution in [2.75, 3.05) is 0 Å². The number of halogens is 3. The highest BCUT2D eigenvalue weighted by Crippen LogP contribution is 2.36. The summed E-state index contributed by atoms with van der Waals surface area (Å²) in [6.07, 6.45) is 0. The fourth-order valence-corrected chi connectivity index (χ4v) is 1.40. The van der Waals surface area contributed by atoms with Gasteiger partial charge in [-0.2, -0.15) is 8.78 Å². The molecule has 0 saturated carbocycles. The second kappa shape index (κ2) is 4.39. The zero-order valence-corrected chi connectivity index (χ0v) is 8.29. The van der Waals surface area contributed by atoms with Crippen LogP contribution in [0.3, 0.4) is 0 Å². The van der Waals surface area contributed by atoms with Gasteiger partial charge in [-0.1, -0.05) is 11.6 Å². The lowest BCUT2D eigenvalue weighted by atomic mass is 10.2. The maximum absolute atomic E-state index is 11.9. The molecule has 0 saturated heterocycles. The van der Waals surface area contributed by atoms with E-state index < -0.39 is 23.0 Å². The van der Waals surface area contributed by atoms with E-state index in [-0.39, 0.29) is 5.02 Å². The first-order valence-electron chi connectivity index (χ1n) is 3.81. The zero-order chi connectivity index (χ0) is 11.6. The van der Waals surface area contributed by atoms with E-state index in [1.54, 1.807) is 6.92 Å². The minimum absolute atomic E-state index is 0.226. The van der Waals surface area contributed by atoms with Crippen LogP contribution in [0.5, 0.6) is 5.75 Å². The molecule has 0 N–H and O–H groups in total. The van der Waals surface area contributed by atoms with E-state index in [0.29, 0.717) is 5.56 Å². The minimum atomic E-state index is -3.12. The molecule has 15 heavy (non-hydrogen) atoms. The molecule has 0 heterocycles. The lowest BCUT2D eigenvalue weighted by molar-refractivity contribution is -0.386. The normalized spacial score (nSPS) is 10.5. The second-order valence-electron chi connectivity index (χ2n) is 2.73. The smallest absolute Gasteiger partial charge is 0.387 e. The summed E-state index contributed by atoms with van der Waals surface area (Å²) in [4.78, 5) is 9.67. The summed E-state index contributed by atoms with van der Waals surface area (Å²) >= 11 is 5.55. The van der Waals surface area contributed by atoms with E-state index in [1.165, 1.54) is 6.07 Å². The second-order valence-corrected chi connectivity index (χ2v) is 3.14. The van der Waals surface area contributed by atoms with Crippen molar-refractivity contribution in [3.05, 3.63) is 32.8 Å². The third kappa shape index (κ3) is 2.76. The number of hydrogen-bond donors (Lipinski definition) is 0. The van der Waals surface area contributed by atoms with Gasteiger partial charge in [-0.25, -0.2) is 0 Å². The number of ether oxygens (including phenoxy) is 1. The average molecular weight is 238 g/mol. The van der Waals surface area contributed by atoms with Crippen LogP contribution in [-0.2, 0) is 0 Å². The Hall–Kier alpha value is -1.43. The summed E-state index contributed by atoms with van der Waals surface area (Å²) in [5.41, 5.74) is -0.149. The highest BCUT2D eigenvalue weighted by atomic mass is 35.5. The van der Waals surface area contributed by atoms with Gasteiger partial charge in [0.1, 0.15) is 5.02 Å². The quantitative estimate of drug-likeness (QED) is 0.599. The summed E-state index contributed by atoms with van der Waals surface area (Å²) in [5.74, 6) is -0.528. The van der Waals surface area contributed by atoms with Gasteiger partial charge in [-0.05, 0) is 24.6 Å². The molecule has 82 valence electrons. The molecule has 0 unspecified atom stereocenters. The topological polar surface area (TPSA) is 52.4 Å². The Morgan fingerprint density at radius 1 is 1.53 bits per heavy atom. The summed E-state index contributed by atoms with van der Waals surface area (Å²) in [7, 11) is 0. The van der Waals surface area contributed by atoms with Crippen LogP contribution in [0, 0.1) is 17.0 Å². The van der Waals surface area contributed by atoms with Gasteiger partial charge in [-0.3, -0.25) is 10.1 Å². The van der Waals surface area contributed by atoms with E-state index in [1.807, 2.05) is 0 Å². The van der Waals surface area contributed by atoms with Crippen LogP contribution >= 0.6 is 11.6 Å². The van der Waals surface area contributed by atoms with Gasteiger partial charge in [0.05, 0.1) is 4.92 Å². The standard InChI is InChI=1S/C8H6ClF2NO3/c1-4-2-5(9)7(12(13)14)6(3-4)15-8(10)11/h2-3,8H,1H3. The fraction of sp³-hybridized carbons (Fsp3) is 0.250. The summed E-state index contributed by atoms with van der Waals surface area (Å²) in [6, 6.07) is 2.44. The first-order chi connectivity index (χ1) is 6.91. The molecule has 0 aliphatic rings. The number of aryl methyl sites for hydroxylation is 1. The van der Waals surface area contributed by atoms with Crippen LogP contribution in [0.15, 0.2) is 12.1 Å². The Labute approximate surface area is 88.6 Å². The third-order valence-corrected chi connectivity index (χ3v) is 1.86. The molecular weight excluding hydrogens is 232 g/mol. The molecule has 0 radical (unpaired) electrons. The number of nitrogens with zero attached hydrogens (tertiary/aromatic N) is 1.